The molecule has 2 atom stereocenters. The van der Waals surface area contributed by atoms with E-state index in [1.54, 1.807) is 0 Å². The third kappa shape index (κ3) is 3.47. The summed E-state index contributed by atoms with van der Waals surface area (Å²) in [6.07, 6.45) is -1.70. The van der Waals surface area contributed by atoms with Crippen LogP contribution in [-0.4, -0.2) is 45.2 Å². The summed E-state index contributed by atoms with van der Waals surface area (Å²) in [5.41, 5.74) is -0.0741. The molecule has 0 amide bonds. The van der Waals surface area contributed by atoms with Crippen molar-refractivity contribution in [3.8, 4) is 0 Å². The highest BCUT2D eigenvalue weighted by Crippen LogP contribution is 2.00. The second-order valence-corrected chi connectivity index (χ2v) is 2.40. The number of rotatable bonds is 4. The van der Waals surface area contributed by atoms with Crippen LogP contribution in [0.5, 0.6) is 0 Å². The lowest BCUT2D eigenvalue weighted by Gasteiger charge is -2.11. The quantitative estimate of drug-likeness (QED) is 0.400. The van der Waals surface area contributed by atoms with Gasteiger partial charge >= 0.3 is 5.97 Å². The van der Waals surface area contributed by atoms with E-state index < -0.39 is 24.8 Å². The second kappa shape index (κ2) is 4.87. The molecule has 2 unspecified atom stereocenters. The Labute approximate surface area is 69.6 Å². The number of hydrogen-bond donors (Lipinski definition) is 4. The molecule has 0 aromatic heterocycles. The summed E-state index contributed by atoms with van der Waals surface area (Å²) in [4.78, 5) is 10.2. The largest absolute Gasteiger partial charge is 0.478 e. The molecule has 12 heavy (non-hydrogen) atoms. The van der Waals surface area contributed by atoms with Crippen LogP contribution in [0.2, 0.25) is 0 Å². The molecule has 0 fully saturated rings. The summed E-state index contributed by atoms with van der Waals surface area (Å²) in [5, 5.41) is 34.5. The molecule has 0 aliphatic rings. The van der Waals surface area contributed by atoms with E-state index in [1.165, 1.54) is 6.92 Å². The number of carboxylic acid groups (broad SMARTS) is 1. The lowest BCUT2D eigenvalue weighted by molar-refractivity contribution is -0.132. The van der Waals surface area contributed by atoms with Gasteiger partial charge in [-0.15, -0.1) is 0 Å². The standard InChI is InChI=1S/C7H12O5/c1-4(7(11)12)2-5(9)6(10)3-8/h2,5-6,8-10H,3H2,1H3,(H,11,12)/b4-2+. The van der Waals surface area contributed by atoms with Crippen molar-refractivity contribution in [2.45, 2.75) is 19.1 Å². The molecule has 0 saturated heterocycles. The highest BCUT2D eigenvalue weighted by Gasteiger charge is 2.13. The normalized spacial score (nSPS) is 17.2. The minimum absolute atomic E-state index is 0.0741. The fraction of sp³-hybridized carbons (Fsp3) is 0.571. The van der Waals surface area contributed by atoms with Gasteiger partial charge in [0, 0.05) is 5.57 Å². The zero-order chi connectivity index (χ0) is 9.72. The van der Waals surface area contributed by atoms with Crippen molar-refractivity contribution >= 4 is 5.97 Å². The first-order valence-electron chi connectivity index (χ1n) is 3.37. The second-order valence-electron chi connectivity index (χ2n) is 2.40. The molecule has 0 bridgehead atoms. The van der Waals surface area contributed by atoms with Crippen molar-refractivity contribution in [1.29, 1.82) is 0 Å². The smallest absolute Gasteiger partial charge is 0.331 e. The fourth-order valence-electron chi connectivity index (χ4n) is 0.547. The topological polar surface area (TPSA) is 98.0 Å². The highest BCUT2D eigenvalue weighted by atomic mass is 16.4. The number of aliphatic hydroxyl groups excluding tert-OH is 3. The summed E-state index contributed by atoms with van der Waals surface area (Å²) in [6, 6.07) is 0. The SMILES string of the molecule is C/C(=C\C(O)C(O)CO)C(=O)O. The Morgan fingerprint density at radius 2 is 2.00 bits per heavy atom. The molecule has 4 N–H and O–H groups in total. The van der Waals surface area contributed by atoms with Crippen molar-refractivity contribution in [2.75, 3.05) is 6.61 Å². The minimum atomic E-state index is -1.34. The molecular formula is C7H12O5. The van der Waals surface area contributed by atoms with Crippen LogP contribution in [0.4, 0.5) is 0 Å². The Morgan fingerprint density at radius 1 is 1.50 bits per heavy atom. The Hall–Kier alpha value is -0.910. The third-order valence-corrected chi connectivity index (χ3v) is 1.34. The third-order valence-electron chi connectivity index (χ3n) is 1.34. The van der Waals surface area contributed by atoms with Gasteiger partial charge in [-0.25, -0.2) is 4.79 Å². The maximum absolute atomic E-state index is 10.2. The number of carbonyl (C=O) groups is 1. The van der Waals surface area contributed by atoms with Gasteiger partial charge in [-0.1, -0.05) is 0 Å². The monoisotopic (exact) mass is 176 g/mol. The average molecular weight is 176 g/mol. The van der Waals surface area contributed by atoms with Gasteiger partial charge < -0.3 is 20.4 Å². The Kier molecular flexibility index (Phi) is 4.50. The van der Waals surface area contributed by atoms with E-state index in [2.05, 4.69) is 0 Å². The Bertz CT molecular complexity index is 186. The van der Waals surface area contributed by atoms with Crippen molar-refractivity contribution < 1.29 is 25.2 Å². The predicted molar refractivity (Wildman–Crippen MR) is 40.5 cm³/mol. The number of aliphatic carboxylic acids is 1. The van der Waals surface area contributed by atoms with Crippen LogP contribution in [0.1, 0.15) is 6.92 Å². The maximum atomic E-state index is 10.2. The van der Waals surface area contributed by atoms with Crippen LogP contribution in [0.3, 0.4) is 0 Å². The molecule has 0 spiro atoms. The Morgan fingerprint density at radius 3 is 2.33 bits per heavy atom. The van der Waals surface area contributed by atoms with Crippen LogP contribution in [-0.2, 0) is 4.79 Å². The molecule has 5 nitrogen and oxygen atoms in total. The average Bonchev–Trinajstić information content (AvgIpc) is 2.02. The van der Waals surface area contributed by atoms with Gasteiger partial charge in [-0.2, -0.15) is 0 Å². The van der Waals surface area contributed by atoms with E-state index in [4.69, 9.17) is 20.4 Å². The maximum Gasteiger partial charge on any atom is 0.331 e. The number of aliphatic hydroxyl groups is 3. The molecule has 0 aliphatic carbocycles. The lowest BCUT2D eigenvalue weighted by atomic mass is 10.1. The zero-order valence-electron chi connectivity index (χ0n) is 6.64. The summed E-state index contributed by atoms with van der Waals surface area (Å²) in [7, 11) is 0. The molecule has 0 aliphatic heterocycles. The minimum Gasteiger partial charge on any atom is -0.478 e. The van der Waals surface area contributed by atoms with Gasteiger partial charge in [0.1, 0.15) is 12.2 Å². The van der Waals surface area contributed by atoms with Crippen LogP contribution in [0, 0.1) is 0 Å². The first-order valence-corrected chi connectivity index (χ1v) is 3.37. The predicted octanol–water partition coefficient (Wildman–Crippen LogP) is -1.27. The number of carboxylic acids is 1. The van der Waals surface area contributed by atoms with Gasteiger partial charge in [0.25, 0.3) is 0 Å². The van der Waals surface area contributed by atoms with Crippen LogP contribution in [0.25, 0.3) is 0 Å². The molecule has 5 heteroatoms. The van der Waals surface area contributed by atoms with Crippen molar-refractivity contribution in [2.24, 2.45) is 0 Å². The highest BCUT2D eigenvalue weighted by molar-refractivity contribution is 5.85. The fourth-order valence-corrected chi connectivity index (χ4v) is 0.547. The molecule has 0 aromatic carbocycles. The van der Waals surface area contributed by atoms with Gasteiger partial charge in [0.15, 0.2) is 0 Å². The van der Waals surface area contributed by atoms with Crippen LogP contribution < -0.4 is 0 Å². The van der Waals surface area contributed by atoms with E-state index >= 15 is 0 Å². The van der Waals surface area contributed by atoms with E-state index in [0.717, 1.165) is 6.08 Å². The number of hydrogen-bond acceptors (Lipinski definition) is 4. The summed E-state index contributed by atoms with van der Waals surface area (Å²) < 4.78 is 0. The van der Waals surface area contributed by atoms with Gasteiger partial charge in [0.05, 0.1) is 6.61 Å². The van der Waals surface area contributed by atoms with Gasteiger partial charge in [-0.05, 0) is 13.0 Å². The van der Waals surface area contributed by atoms with E-state index in [-0.39, 0.29) is 5.57 Å². The molecule has 70 valence electrons. The van der Waals surface area contributed by atoms with E-state index in [9.17, 15) is 4.79 Å². The van der Waals surface area contributed by atoms with E-state index in [1.807, 2.05) is 0 Å². The molecule has 0 aromatic rings. The lowest BCUT2D eigenvalue weighted by Crippen LogP contribution is -2.28. The summed E-state index contributed by atoms with van der Waals surface area (Å²) in [5.74, 6) is -1.17. The molecule has 0 rings (SSSR count). The van der Waals surface area contributed by atoms with Crippen molar-refractivity contribution in [3.05, 3.63) is 11.6 Å². The van der Waals surface area contributed by atoms with Crippen LogP contribution >= 0.6 is 0 Å². The summed E-state index contributed by atoms with van der Waals surface area (Å²) in [6.45, 7) is 0.681. The zero-order valence-corrected chi connectivity index (χ0v) is 6.64. The first kappa shape index (κ1) is 11.1. The molecule has 0 saturated carbocycles. The summed E-state index contributed by atoms with van der Waals surface area (Å²) >= 11 is 0. The van der Waals surface area contributed by atoms with Gasteiger partial charge in [-0.3, -0.25) is 0 Å². The van der Waals surface area contributed by atoms with Crippen molar-refractivity contribution in [3.63, 3.8) is 0 Å². The van der Waals surface area contributed by atoms with Crippen LogP contribution in [0.15, 0.2) is 11.6 Å². The van der Waals surface area contributed by atoms with Crippen molar-refractivity contribution in [1.82, 2.24) is 0 Å². The van der Waals surface area contributed by atoms with E-state index in [0.29, 0.717) is 0 Å². The first-order chi connectivity index (χ1) is 5.49. The van der Waals surface area contributed by atoms with Gasteiger partial charge in [0.2, 0.25) is 0 Å². The molecule has 0 heterocycles. The molecular weight excluding hydrogens is 164 g/mol. The Balaban J connectivity index is 4.22. The molecule has 0 radical (unpaired) electrons.